The fourth-order valence-corrected chi connectivity index (χ4v) is 5.41. The van der Waals surface area contributed by atoms with E-state index in [1.54, 1.807) is 23.1 Å². The number of para-hydroxylation sites is 2. The number of aromatic amines is 1. The third-order valence-corrected chi connectivity index (χ3v) is 7.03. The highest BCUT2D eigenvalue weighted by Crippen LogP contribution is 2.29. The Morgan fingerprint density at radius 2 is 2.25 bits per heavy atom. The fourth-order valence-electron chi connectivity index (χ4n) is 3.24. The number of nitrogens with one attached hydrogen (secondary N) is 2. The minimum atomic E-state index is -0.161. The molecule has 0 bridgehead atoms. The Kier molecular flexibility index (Phi) is 4.58. The van der Waals surface area contributed by atoms with Crippen LogP contribution < -0.4 is 5.32 Å². The monoisotopic (exact) mass is 427 g/mol. The van der Waals surface area contributed by atoms with Crippen molar-refractivity contribution in [2.75, 3.05) is 12.0 Å². The summed E-state index contributed by atoms with van der Waals surface area (Å²) in [6, 6.07) is 9.68. The highest BCUT2D eigenvalue weighted by atomic mass is 32.2. The average molecular weight is 428 g/mol. The summed E-state index contributed by atoms with van der Waals surface area (Å²) in [5.74, 6) is 1.65. The predicted octanol–water partition coefficient (Wildman–Crippen LogP) is 4.71. The molecule has 0 aliphatic carbocycles. The lowest BCUT2D eigenvalue weighted by Gasteiger charge is -2.15. The molecule has 4 aromatic heterocycles. The van der Waals surface area contributed by atoms with E-state index in [0.717, 1.165) is 44.3 Å². The molecular weight excluding hydrogens is 410 g/mol. The predicted molar refractivity (Wildman–Crippen MR) is 118 cm³/mol. The third kappa shape index (κ3) is 3.09. The Bertz CT molecular complexity index is 1250. The van der Waals surface area contributed by atoms with Crippen molar-refractivity contribution >= 4 is 66.7 Å². The van der Waals surface area contributed by atoms with Crippen molar-refractivity contribution in [3.63, 3.8) is 0 Å². The number of H-pyrrole nitrogens is 1. The molecule has 1 aromatic carbocycles. The molecule has 0 aliphatic rings. The number of fused-ring (bicyclic) bond motifs is 4. The number of thiophene rings is 1. The Morgan fingerprint density at radius 3 is 3.11 bits per heavy atom. The average Bonchev–Trinajstić information content (AvgIpc) is 3.44. The zero-order valence-corrected chi connectivity index (χ0v) is 17.5. The molecule has 6 nitrogen and oxygen atoms in total. The third-order valence-electron chi connectivity index (χ3n) is 4.62. The smallest absolute Gasteiger partial charge is 0.262 e. The number of thioether (sulfide) groups is 1. The molecular formula is C19H17N5OS3. The van der Waals surface area contributed by atoms with Gasteiger partial charge in [0, 0.05) is 11.6 Å². The van der Waals surface area contributed by atoms with Gasteiger partial charge in [-0.2, -0.15) is 11.8 Å². The van der Waals surface area contributed by atoms with E-state index in [1.807, 2.05) is 46.3 Å². The number of imidazole rings is 2. The molecule has 9 heteroatoms. The maximum Gasteiger partial charge on any atom is 0.262 e. The van der Waals surface area contributed by atoms with Crippen molar-refractivity contribution in [2.45, 2.75) is 12.5 Å². The first-order valence-corrected chi connectivity index (χ1v) is 11.9. The van der Waals surface area contributed by atoms with Crippen LogP contribution in [0.15, 0.2) is 41.9 Å². The minimum absolute atomic E-state index is 0.0847. The van der Waals surface area contributed by atoms with Crippen molar-refractivity contribution in [1.29, 1.82) is 0 Å². The van der Waals surface area contributed by atoms with Gasteiger partial charge in [0.15, 0.2) is 4.96 Å². The second kappa shape index (κ2) is 7.23. The normalized spacial score (nSPS) is 12.9. The number of amides is 1. The van der Waals surface area contributed by atoms with Crippen LogP contribution in [0.4, 0.5) is 0 Å². The van der Waals surface area contributed by atoms with Gasteiger partial charge in [0.05, 0.1) is 27.5 Å². The lowest BCUT2D eigenvalue weighted by molar-refractivity contribution is 0.0938. The van der Waals surface area contributed by atoms with Gasteiger partial charge >= 0.3 is 0 Å². The summed E-state index contributed by atoms with van der Waals surface area (Å²) in [6.45, 7) is 0. The largest absolute Gasteiger partial charge is 0.341 e. The Morgan fingerprint density at radius 1 is 1.36 bits per heavy atom. The summed E-state index contributed by atoms with van der Waals surface area (Å²) in [5, 5.41) is 5.17. The van der Waals surface area contributed by atoms with Crippen LogP contribution in [0, 0.1) is 0 Å². The van der Waals surface area contributed by atoms with Crippen LogP contribution in [0.5, 0.6) is 0 Å². The topological polar surface area (TPSA) is 75.1 Å². The Hall–Kier alpha value is -2.36. The second-order valence-electron chi connectivity index (χ2n) is 6.42. The Labute approximate surface area is 173 Å². The van der Waals surface area contributed by atoms with Crippen LogP contribution in [0.1, 0.15) is 28.0 Å². The molecule has 5 aromatic rings. The number of aromatic nitrogens is 4. The number of carbonyl (C=O) groups excluding carboxylic acids is 1. The number of nitrogens with zero attached hydrogens (tertiary/aromatic N) is 3. The fraction of sp³-hybridized carbons (Fsp3) is 0.211. The van der Waals surface area contributed by atoms with Gasteiger partial charge in [0.2, 0.25) is 0 Å². The van der Waals surface area contributed by atoms with Gasteiger partial charge in [0.1, 0.15) is 10.7 Å². The van der Waals surface area contributed by atoms with Gasteiger partial charge in [-0.05, 0) is 36.6 Å². The summed E-state index contributed by atoms with van der Waals surface area (Å²) in [6.07, 6.45) is 4.86. The summed E-state index contributed by atoms with van der Waals surface area (Å²) in [5.41, 5.74) is 2.88. The first-order valence-electron chi connectivity index (χ1n) is 8.82. The van der Waals surface area contributed by atoms with E-state index in [9.17, 15) is 4.79 Å². The Balaban J connectivity index is 1.44. The molecule has 0 aliphatic heterocycles. The molecule has 1 amide bonds. The van der Waals surface area contributed by atoms with Crippen molar-refractivity contribution < 1.29 is 4.79 Å². The molecule has 2 N–H and O–H groups in total. The molecule has 5 rings (SSSR count). The van der Waals surface area contributed by atoms with Crippen LogP contribution in [0.2, 0.25) is 0 Å². The van der Waals surface area contributed by atoms with E-state index in [4.69, 9.17) is 0 Å². The second-order valence-corrected chi connectivity index (χ2v) is 9.30. The maximum atomic E-state index is 13.0. The number of hydrogen-bond acceptors (Lipinski definition) is 6. The quantitative estimate of drug-likeness (QED) is 0.411. The van der Waals surface area contributed by atoms with Crippen molar-refractivity contribution in [1.82, 2.24) is 24.7 Å². The minimum Gasteiger partial charge on any atom is -0.341 e. The molecule has 1 atom stereocenters. The van der Waals surface area contributed by atoms with Gasteiger partial charge in [0.25, 0.3) is 5.91 Å². The molecule has 28 heavy (non-hydrogen) atoms. The van der Waals surface area contributed by atoms with Crippen LogP contribution in [0.3, 0.4) is 0 Å². The molecule has 0 fully saturated rings. The lowest BCUT2D eigenvalue weighted by Crippen LogP contribution is -2.29. The standard InChI is InChI=1S/C19H17N5OS3/c1-26-8-6-13(16-20-11-4-2-3-5-12(11)21-16)22-17(25)15-10-14-18(28-15)23-19-24(14)7-9-27-19/h2-5,7,9-10,13H,6,8H2,1H3,(H,20,21)(H,22,25)/t13-/m0/s1. The van der Waals surface area contributed by atoms with Crippen LogP contribution in [-0.4, -0.2) is 37.3 Å². The van der Waals surface area contributed by atoms with Crippen molar-refractivity contribution in [3.8, 4) is 0 Å². The summed E-state index contributed by atoms with van der Waals surface area (Å²) in [4.78, 5) is 28.1. The van der Waals surface area contributed by atoms with E-state index in [2.05, 4.69) is 26.5 Å². The maximum absolute atomic E-state index is 13.0. The molecule has 0 radical (unpaired) electrons. The lowest BCUT2D eigenvalue weighted by atomic mass is 10.2. The van der Waals surface area contributed by atoms with E-state index >= 15 is 0 Å². The zero-order chi connectivity index (χ0) is 19.1. The van der Waals surface area contributed by atoms with Crippen molar-refractivity contribution in [3.05, 3.63) is 52.6 Å². The summed E-state index contributed by atoms with van der Waals surface area (Å²) >= 11 is 4.78. The van der Waals surface area contributed by atoms with Gasteiger partial charge in [-0.1, -0.05) is 12.1 Å². The molecule has 4 heterocycles. The van der Waals surface area contributed by atoms with Gasteiger partial charge in [-0.15, -0.1) is 22.7 Å². The molecule has 0 spiro atoms. The van der Waals surface area contributed by atoms with Gasteiger partial charge in [-0.25, -0.2) is 9.97 Å². The van der Waals surface area contributed by atoms with Gasteiger partial charge in [-0.3, -0.25) is 9.20 Å². The number of carbonyl (C=O) groups is 1. The number of hydrogen-bond donors (Lipinski definition) is 2. The van der Waals surface area contributed by atoms with E-state index in [-0.39, 0.29) is 11.9 Å². The zero-order valence-electron chi connectivity index (χ0n) is 15.0. The number of benzene rings is 1. The first kappa shape index (κ1) is 17.7. The summed E-state index contributed by atoms with van der Waals surface area (Å²) < 4.78 is 2.03. The van der Waals surface area contributed by atoms with Crippen molar-refractivity contribution in [2.24, 2.45) is 0 Å². The number of thiazole rings is 1. The van der Waals surface area contributed by atoms with Crippen LogP contribution in [0.25, 0.3) is 26.3 Å². The summed E-state index contributed by atoms with van der Waals surface area (Å²) in [7, 11) is 0. The van der Waals surface area contributed by atoms with E-state index in [0.29, 0.717) is 4.88 Å². The van der Waals surface area contributed by atoms with E-state index < -0.39 is 0 Å². The highest BCUT2D eigenvalue weighted by molar-refractivity contribution is 7.98. The molecule has 0 saturated carbocycles. The first-order chi connectivity index (χ1) is 13.7. The molecule has 142 valence electrons. The van der Waals surface area contributed by atoms with E-state index in [1.165, 1.54) is 11.3 Å². The number of rotatable bonds is 6. The van der Waals surface area contributed by atoms with Crippen LogP contribution in [-0.2, 0) is 0 Å². The van der Waals surface area contributed by atoms with Crippen LogP contribution >= 0.6 is 34.4 Å². The molecule has 0 unspecified atom stereocenters. The van der Waals surface area contributed by atoms with Gasteiger partial charge < -0.3 is 10.3 Å². The molecule has 0 saturated heterocycles. The SMILES string of the molecule is CSCC[C@H](NC(=O)c1cc2c(nc3sccn32)s1)c1nc2ccccc2[nH]1. The highest BCUT2D eigenvalue weighted by Gasteiger charge is 2.21.